The summed E-state index contributed by atoms with van der Waals surface area (Å²) in [6, 6.07) is 7.26. The van der Waals surface area contributed by atoms with Crippen LogP contribution in [-0.4, -0.2) is 9.55 Å². The number of fused-ring (bicyclic) bond motifs is 1. The molecule has 0 N–H and O–H groups in total. The minimum atomic E-state index is -0.328. The summed E-state index contributed by atoms with van der Waals surface area (Å²) in [4.78, 5) is 15.9. The van der Waals surface area contributed by atoms with Crippen LogP contribution in [0.1, 0.15) is 5.56 Å². The van der Waals surface area contributed by atoms with E-state index in [9.17, 15) is 4.79 Å². The Morgan fingerprint density at radius 2 is 2.25 bits per heavy atom. The molecule has 0 radical (unpaired) electrons. The molecule has 0 amide bonds. The molecule has 0 aliphatic rings. The van der Waals surface area contributed by atoms with E-state index in [0.717, 1.165) is 20.6 Å². The Hall–Kier alpha value is -1.53. The molecule has 3 aromatic rings. The van der Waals surface area contributed by atoms with Crippen molar-refractivity contribution in [2.75, 3.05) is 0 Å². The summed E-state index contributed by atoms with van der Waals surface area (Å²) in [7, 11) is 1.95. The van der Waals surface area contributed by atoms with Crippen molar-refractivity contribution in [1.82, 2.24) is 9.55 Å². The molecule has 20 heavy (non-hydrogen) atoms. The van der Waals surface area contributed by atoms with E-state index >= 15 is 0 Å². The van der Waals surface area contributed by atoms with E-state index in [1.165, 1.54) is 0 Å². The molecule has 3 rings (SSSR count). The van der Waals surface area contributed by atoms with Crippen molar-refractivity contribution in [3.63, 3.8) is 0 Å². The lowest BCUT2D eigenvalue weighted by atomic mass is 10.1. The number of nitrogens with zero attached hydrogens (tertiary/aromatic N) is 2. The van der Waals surface area contributed by atoms with Gasteiger partial charge in [0.1, 0.15) is 5.58 Å². The van der Waals surface area contributed by atoms with E-state index in [0.29, 0.717) is 11.3 Å². The van der Waals surface area contributed by atoms with Crippen LogP contribution in [0, 0.1) is 0 Å². The van der Waals surface area contributed by atoms with Crippen LogP contribution >= 0.6 is 27.7 Å². The zero-order valence-electron chi connectivity index (χ0n) is 10.7. The predicted molar refractivity (Wildman–Crippen MR) is 83.0 cm³/mol. The van der Waals surface area contributed by atoms with E-state index in [2.05, 4.69) is 20.9 Å². The molecule has 1 aromatic carbocycles. The lowest BCUT2D eigenvalue weighted by Gasteiger charge is -2.05. The Morgan fingerprint density at radius 3 is 3.00 bits per heavy atom. The predicted octanol–water partition coefficient (Wildman–Crippen LogP) is 3.58. The Morgan fingerprint density at radius 1 is 1.40 bits per heavy atom. The van der Waals surface area contributed by atoms with Crippen LogP contribution in [-0.2, 0) is 12.8 Å². The summed E-state index contributed by atoms with van der Waals surface area (Å²) in [6.07, 6.45) is 3.66. The highest BCUT2D eigenvalue weighted by molar-refractivity contribution is 9.10. The molecule has 0 fully saturated rings. The normalized spacial score (nSPS) is 11.1. The van der Waals surface area contributed by atoms with E-state index in [1.807, 2.05) is 36.0 Å². The SMILES string of the molecule is Cn1ccnc1SCc1cc(=O)oc2cc(Br)ccc12. The number of halogens is 1. The van der Waals surface area contributed by atoms with E-state index in [4.69, 9.17) is 4.42 Å². The van der Waals surface area contributed by atoms with Gasteiger partial charge in [-0.15, -0.1) is 0 Å². The number of thioether (sulfide) groups is 1. The topological polar surface area (TPSA) is 48.0 Å². The summed E-state index contributed by atoms with van der Waals surface area (Å²) in [6.45, 7) is 0. The summed E-state index contributed by atoms with van der Waals surface area (Å²) < 4.78 is 8.07. The number of hydrogen-bond donors (Lipinski definition) is 0. The molecule has 6 heteroatoms. The first-order valence-corrected chi connectivity index (χ1v) is 7.74. The van der Waals surface area contributed by atoms with Gasteiger partial charge in [-0.1, -0.05) is 27.7 Å². The fourth-order valence-corrected chi connectivity index (χ4v) is 3.22. The third-order valence-electron chi connectivity index (χ3n) is 2.93. The molecule has 0 saturated carbocycles. The first-order valence-electron chi connectivity index (χ1n) is 5.96. The Kier molecular flexibility index (Phi) is 3.67. The summed E-state index contributed by atoms with van der Waals surface area (Å²) in [5, 5.41) is 1.87. The second-order valence-electron chi connectivity index (χ2n) is 4.34. The van der Waals surface area contributed by atoms with Crippen molar-refractivity contribution in [3.05, 3.63) is 57.1 Å². The third kappa shape index (κ3) is 2.66. The average molecular weight is 351 g/mol. The zero-order chi connectivity index (χ0) is 14.1. The molecule has 0 aliphatic heterocycles. The molecule has 0 aliphatic carbocycles. The molecule has 0 saturated heterocycles. The van der Waals surface area contributed by atoms with E-state index in [-0.39, 0.29) is 5.63 Å². The number of aromatic nitrogens is 2. The minimum Gasteiger partial charge on any atom is -0.423 e. The fourth-order valence-electron chi connectivity index (χ4n) is 1.96. The van der Waals surface area contributed by atoms with Gasteiger partial charge < -0.3 is 8.98 Å². The Balaban J connectivity index is 1.98. The zero-order valence-corrected chi connectivity index (χ0v) is 13.1. The number of rotatable bonds is 3. The van der Waals surface area contributed by atoms with Crippen molar-refractivity contribution in [1.29, 1.82) is 0 Å². The second-order valence-corrected chi connectivity index (χ2v) is 6.20. The van der Waals surface area contributed by atoms with Gasteiger partial charge in [-0.05, 0) is 23.8 Å². The number of benzene rings is 1. The minimum absolute atomic E-state index is 0.328. The maximum atomic E-state index is 11.6. The van der Waals surface area contributed by atoms with Gasteiger partial charge in [0, 0.05) is 41.1 Å². The van der Waals surface area contributed by atoms with Gasteiger partial charge in [0.25, 0.3) is 0 Å². The van der Waals surface area contributed by atoms with E-state index in [1.54, 1.807) is 24.0 Å². The lowest BCUT2D eigenvalue weighted by Crippen LogP contribution is -2.00. The second kappa shape index (κ2) is 5.46. The number of aryl methyl sites for hydroxylation is 1. The first-order chi connectivity index (χ1) is 9.63. The quantitative estimate of drug-likeness (QED) is 0.535. The molecule has 102 valence electrons. The highest BCUT2D eigenvalue weighted by atomic mass is 79.9. The van der Waals surface area contributed by atoms with Crippen molar-refractivity contribution in [2.24, 2.45) is 7.05 Å². The molecular formula is C14H11BrN2O2S. The van der Waals surface area contributed by atoms with Crippen LogP contribution in [0.3, 0.4) is 0 Å². The molecule has 0 spiro atoms. The van der Waals surface area contributed by atoms with Crippen molar-refractivity contribution in [3.8, 4) is 0 Å². The Labute approximate surface area is 127 Å². The van der Waals surface area contributed by atoms with Crippen LogP contribution in [0.2, 0.25) is 0 Å². The molecule has 2 aromatic heterocycles. The third-order valence-corrected chi connectivity index (χ3v) is 4.53. The number of imidazole rings is 1. The highest BCUT2D eigenvalue weighted by Crippen LogP contribution is 2.26. The molecule has 0 atom stereocenters. The van der Waals surface area contributed by atoms with Gasteiger partial charge in [0.05, 0.1) is 0 Å². The maximum Gasteiger partial charge on any atom is 0.336 e. The maximum absolute atomic E-state index is 11.6. The van der Waals surface area contributed by atoms with Crippen LogP contribution in [0.25, 0.3) is 11.0 Å². The smallest absolute Gasteiger partial charge is 0.336 e. The average Bonchev–Trinajstić information content (AvgIpc) is 2.80. The summed E-state index contributed by atoms with van der Waals surface area (Å²) in [5.74, 6) is 0.675. The van der Waals surface area contributed by atoms with Crippen LogP contribution in [0.5, 0.6) is 0 Å². The molecule has 4 nitrogen and oxygen atoms in total. The van der Waals surface area contributed by atoms with Crippen molar-refractivity contribution in [2.45, 2.75) is 10.9 Å². The Bertz CT molecular complexity index is 825. The van der Waals surface area contributed by atoms with Gasteiger partial charge in [0.15, 0.2) is 5.16 Å². The first kappa shape index (κ1) is 13.5. The summed E-state index contributed by atoms with van der Waals surface area (Å²) in [5.41, 5.74) is 1.23. The standard InChI is InChI=1S/C14H11BrN2O2S/c1-17-5-4-16-14(17)20-8-9-6-13(18)19-12-7-10(15)2-3-11(9)12/h2-7H,8H2,1H3. The molecular weight excluding hydrogens is 340 g/mol. The molecule has 0 unspecified atom stereocenters. The lowest BCUT2D eigenvalue weighted by molar-refractivity contribution is 0.559. The largest absolute Gasteiger partial charge is 0.423 e. The monoisotopic (exact) mass is 350 g/mol. The fraction of sp³-hybridized carbons (Fsp3) is 0.143. The van der Waals surface area contributed by atoms with Gasteiger partial charge in [-0.3, -0.25) is 0 Å². The van der Waals surface area contributed by atoms with Gasteiger partial charge in [-0.25, -0.2) is 9.78 Å². The molecule has 2 heterocycles. The van der Waals surface area contributed by atoms with Crippen molar-refractivity contribution < 1.29 is 4.42 Å². The van der Waals surface area contributed by atoms with Gasteiger partial charge in [-0.2, -0.15) is 0 Å². The summed E-state index contributed by atoms with van der Waals surface area (Å²) >= 11 is 4.98. The molecule has 0 bridgehead atoms. The number of hydrogen-bond acceptors (Lipinski definition) is 4. The van der Waals surface area contributed by atoms with E-state index < -0.39 is 0 Å². The van der Waals surface area contributed by atoms with Crippen LogP contribution < -0.4 is 5.63 Å². The van der Waals surface area contributed by atoms with Crippen LogP contribution in [0.4, 0.5) is 0 Å². The van der Waals surface area contributed by atoms with Crippen molar-refractivity contribution >= 4 is 38.7 Å². The highest BCUT2D eigenvalue weighted by Gasteiger charge is 2.08. The van der Waals surface area contributed by atoms with Crippen LogP contribution in [0.15, 0.2) is 55.5 Å². The van der Waals surface area contributed by atoms with Gasteiger partial charge in [0.2, 0.25) is 0 Å². The van der Waals surface area contributed by atoms with Gasteiger partial charge >= 0.3 is 5.63 Å².